The van der Waals surface area contributed by atoms with Crippen molar-refractivity contribution in [3.8, 4) is 5.75 Å². The third-order valence-electron chi connectivity index (χ3n) is 3.25. The van der Waals surface area contributed by atoms with Crippen LogP contribution in [-0.4, -0.2) is 36.2 Å². The molecule has 0 aliphatic heterocycles. The van der Waals surface area contributed by atoms with Crippen LogP contribution >= 0.6 is 15.9 Å². The monoisotopic (exact) mass is 436 g/mol. The zero-order valence-corrected chi connectivity index (χ0v) is 16.6. The number of benzene rings is 1. The van der Waals surface area contributed by atoms with E-state index in [1.54, 1.807) is 30.3 Å². The van der Waals surface area contributed by atoms with E-state index in [2.05, 4.69) is 26.6 Å². The smallest absolute Gasteiger partial charge is 0.291 e. The van der Waals surface area contributed by atoms with Gasteiger partial charge in [-0.05, 0) is 65.7 Å². The molecule has 0 bridgehead atoms. The van der Waals surface area contributed by atoms with Crippen LogP contribution in [-0.2, 0) is 4.79 Å². The molecule has 3 N–H and O–H groups in total. The van der Waals surface area contributed by atoms with Crippen molar-refractivity contribution in [3.05, 3.63) is 58.1 Å². The van der Waals surface area contributed by atoms with E-state index < -0.39 is 11.8 Å². The minimum Gasteiger partial charge on any atom is -0.491 e. The molecule has 0 aliphatic rings. The first-order valence-corrected chi connectivity index (χ1v) is 9.12. The summed E-state index contributed by atoms with van der Waals surface area (Å²) in [7, 11) is 0. The number of nitrogens with one attached hydrogen (secondary N) is 2. The fourth-order valence-corrected chi connectivity index (χ4v) is 2.43. The second-order valence-corrected chi connectivity index (χ2v) is 6.61. The van der Waals surface area contributed by atoms with Crippen molar-refractivity contribution in [3.63, 3.8) is 0 Å². The summed E-state index contributed by atoms with van der Waals surface area (Å²) in [5.74, 6) is -0.322. The zero-order valence-electron chi connectivity index (χ0n) is 15.0. The highest BCUT2D eigenvalue weighted by Gasteiger charge is 2.17. The average molecular weight is 437 g/mol. The Balaban J connectivity index is 2.21. The molecule has 1 heterocycles. The van der Waals surface area contributed by atoms with Gasteiger partial charge in [0.1, 0.15) is 11.4 Å². The molecule has 1 aromatic heterocycles. The molecule has 144 valence electrons. The second kappa shape index (κ2) is 9.94. The first-order chi connectivity index (χ1) is 12.9. The Kier molecular flexibility index (Phi) is 7.63. The topological polar surface area (TPSA) is 101 Å². The summed E-state index contributed by atoms with van der Waals surface area (Å²) in [4.78, 5) is 24.6. The molecular formula is C19H21BrN2O5. The summed E-state index contributed by atoms with van der Waals surface area (Å²) < 4.78 is 11.2. The fraction of sp³-hybridized carbons (Fsp3) is 0.263. The van der Waals surface area contributed by atoms with Crippen LogP contribution in [0.3, 0.4) is 0 Å². The molecule has 0 saturated carbocycles. The lowest BCUT2D eigenvalue weighted by molar-refractivity contribution is -0.117. The first kappa shape index (κ1) is 20.7. The number of amides is 2. The van der Waals surface area contributed by atoms with Gasteiger partial charge in [0.2, 0.25) is 0 Å². The van der Waals surface area contributed by atoms with E-state index in [0.29, 0.717) is 16.0 Å². The third kappa shape index (κ3) is 6.58. The molecule has 0 saturated heterocycles. The van der Waals surface area contributed by atoms with Gasteiger partial charge in [0.15, 0.2) is 10.4 Å². The Labute approximate surface area is 165 Å². The number of rotatable bonds is 8. The lowest BCUT2D eigenvalue weighted by Gasteiger charge is -2.11. The summed E-state index contributed by atoms with van der Waals surface area (Å²) >= 11 is 3.13. The van der Waals surface area contributed by atoms with Gasteiger partial charge < -0.3 is 24.9 Å². The van der Waals surface area contributed by atoms with Crippen LogP contribution < -0.4 is 15.4 Å². The number of ether oxygens (including phenoxy) is 1. The van der Waals surface area contributed by atoms with Crippen molar-refractivity contribution in [2.45, 2.75) is 20.0 Å². The van der Waals surface area contributed by atoms with Crippen LogP contribution in [0.2, 0.25) is 0 Å². The maximum absolute atomic E-state index is 12.3. The van der Waals surface area contributed by atoms with Crippen LogP contribution in [0.25, 0.3) is 6.08 Å². The summed E-state index contributed by atoms with van der Waals surface area (Å²) in [5, 5.41) is 13.9. The van der Waals surface area contributed by atoms with E-state index in [-0.39, 0.29) is 30.7 Å². The predicted molar refractivity (Wildman–Crippen MR) is 104 cm³/mol. The Morgan fingerprint density at radius 1 is 1.22 bits per heavy atom. The van der Waals surface area contributed by atoms with Crippen LogP contribution in [0.1, 0.15) is 30.0 Å². The van der Waals surface area contributed by atoms with Crippen molar-refractivity contribution in [1.29, 1.82) is 0 Å². The maximum atomic E-state index is 12.3. The van der Waals surface area contributed by atoms with E-state index >= 15 is 0 Å². The van der Waals surface area contributed by atoms with E-state index in [9.17, 15) is 9.59 Å². The molecule has 1 aromatic carbocycles. The van der Waals surface area contributed by atoms with Crippen molar-refractivity contribution in [2.24, 2.45) is 0 Å². The summed E-state index contributed by atoms with van der Waals surface area (Å²) in [6.45, 7) is 3.72. The van der Waals surface area contributed by atoms with Gasteiger partial charge in [0.25, 0.3) is 11.8 Å². The number of hydrogen-bond donors (Lipinski definition) is 3. The maximum Gasteiger partial charge on any atom is 0.291 e. The van der Waals surface area contributed by atoms with Gasteiger partial charge in [-0.15, -0.1) is 0 Å². The van der Waals surface area contributed by atoms with Crippen molar-refractivity contribution in [2.75, 3.05) is 13.2 Å². The van der Waals surface area contributed by atoms with Gasteiger partial charge in [-0.25, -0.2) is 0 Å². The Morgan fingerprint density at radius 3 is 2.48 bits per heavy atom. The normalized spacial score (nSPS) is 11.4. The second-order valence-electron chi connectivity index (χ2n) is 5.83. The molecule has 2 amide bonds. The van der Waals surface area contributed by atoms with Crippen molar-refractivity contribution < 1.29 is 23.8 Å². The lowest BCUT2D eigenvalue weighted by Crippen LogP contribution is -2.36. The number of aliphatic hydroxyl groups is 1. The summed E-state index contributed by atoms with van der Waals surface area (Å²) in [6, 6.07) is 10.2. The predicted octanol–water partition coefficient (Wildman–Crippen LogP) is 2.71. The number of aliphatic hydroxyl groups excluding tert-OH is 1. The van der Waals surface area contributed by atoms with Gasteiger partial charge in [-0.2, -0.15) is 0 Å². The van der Waals surface area contributed by atoms with E-state index in [1.165, 1.54) is 12.1 Å². The zero-order chi connectivity index (χ0) is 19.8. The van der Waals surface area contributed by atoms with Gasteiger partial charge in [0.05, 0.1) is 12.7 Å². The molecule has 2 aromatic rings. The molecule has 7 nitrogen and oxygen atoms in total. The van der Waals surface area contributed by atoms with Crippen molar-refractivity contribution in [1.82, 2.24) is 10.6 Å². The van der Waals surface area contributed by atoms with Crippen LogP contribution in [0.5, 0.6) is 5.75 Å². The average Bonchev–Trinajstić information content (AvgIpc) is 3.06. The van der Waals surface area contributed by atoms with Crippen LogP contribution in [0.15, 0.2) is 51.2 Å². The molecule has 2 rings (SSSR count). The number of hydrogen-bond acceptors (Lipinski definition) is 5. The molecule has 27 heavy (non-hydrogen) atoms. The fourth-order valence-electron chi connectivity index (χ4n) is 2.12. The van der Waals surface area contributed by atoms with Crippen LogP contribution in [0.4, 0.5) is 0 Å². The number of carbonyl (C=O) groups excluding carboxylic acids is 2. The number of furan rings is 1. The highest BCUT2D eigenvalue weighted by Crippen LogP contribution is 2.17. The molecule has 0 aliphatic carbocycles. The highest BCUT2D eigenvalue weighted by molar-refractivity contribution is 9.10. The molecule has 0 radical (unpaired) electrons. The largest absolute Gasteiger partial charge is 0.491 e. The molecule has 8 heteroatoms. The first-order valence-electron chi connectivity index (χ1n) is 8.33. The highest BCUT2D eigenvalue weighted by atomic mass is 79.9. The third-order valence-corrected chi connectivity index (χ3v) is 3.68. The van der Waals surface area contributed by atoms with Gasteiger partial charge in [-0.1, -0.05) is 12.1 Å². The Morgan fingerprint density at radius 2 is 1.93 bits per heavy atom. The van der Waals surface area contributed by atoms with E-state index in [0.717, 1.165) is 0 Å². The minimum atomic E-state index is -0.564. The molecule has 0 spiro atoms. The lowest BCUT2D eigenvalue weighted by atomic mass is 10.1. The standard InChI is InChI=1S/C19H21BrN2O5/c1-12(2)26-14-5-3-13(4-6-14)11-15(18(24)21-9-10-23)22-19(25)16-7-8-17(20)27-16/h3-8,11-12,23H,9-10H2,1-2H3,(H,21,24)(H,22,25)/b15-11+. The van der Waals surface area contributed by atoms with Crippen LogP contribution in [0, 0.1) is 0 Å². The van der Waals surface area contributed by atoms with Gasteiger partial charge in [-0.3, -0.25) is 9.59 Å². The Hall–Kier alpha value is -2.58. The summed E-state index contributed by atoms with van der Waals surface area (Å²) in [6.07, 6.45) is 1.58. The quantitative estimate of drug-likeness (QED) is 0.552. The summed E-state index contributed by atoms with van der Waals surface area (Å²) in [5.41, 5.74) is 0.722. The molecule has 0 unspecified atom stereocenters. The van der Waals surface area contributed by atoms with E-state index in [1.807, 2.05) is 13.8 Å². The minimum absolute atomic E-state index is 0.0264. The Bertz CT molecular complexity index is 812. The SMILES string of the molecule is CC(C)Oc1ccc(/C=C(/NC(=O)c2ccc(Br)o2)C(=O)NCCO)cc1. The molecule has 0 fully saturated rings. The number of carbonyl (C=O) groups is 2. The number of halogens is 1. The molecule has 0 atom stereocenters. The van der Waals surface area contributed by atoms with Crippen molar-refractivity contribution >= 4 is 33.8 Å². The molecular weight excluding hydrogens is 416 g/mol. The van der Waals surface area contributed by atoms with Gasteiger partial charge >= 0.3 is 0 Å². The van der Waals surface area contributed by atoms with E-state index in [4.69, 9.17) is 14.3 Å². The van der Waals surface area contributed by atoms with Gasteiger partial charge in [0, 0.05) is 6.54 Å².